The van der Waals surface area contributed by atoms with E-state index in [2.05, 4.69) is 4.90 Å². The van der Waals surface area contributed by atoms with E-state index in [1.165, 1.54) is 6.42 Å². The molecule has 1 amide bonds. The van der Waals surface area contributed by atoms with E-state index >= 15 is 0 Å². The summed E-state index contributed by atoms with van der Waals surface area (Å²) in [5.41, 5.74) is 0.985. The number of benzene rings is 1. The Morgan fingerprint density at radius 1 is 1.12 bits per heavy atom. The molecule has 0 aromatic heterocycles. The van der Waals surface area contributed by atoms with Gasteiger partial charge in [0.25, 0.3) is 0 Å². The largest absolute Gasteiger partial charge is 0.454 e. The molecule has 1 aromatic rings. The van der Waals surface area contributed by atoms with E-state index in [0.717, 1.165) is 69.4 Å². The predicted octanol–water partition coefficient (Wildman–Crippen LogP) is 1.53. The predicted molar refractivity (Wildman–Crippen MR) is 92.8 cm³/mol. The van der Waals surface area contributed by atoms with Crippen LogP contribution in [0.3, 0.4) is 0 Å². The van der Waals surface area contributed by atoms with E-state index in [1.54, 1.807) is 0 Å². The Labute approximate surface area is 148 Å². The third-order valence-corrected chi connectivity index (χ3v) is 5.27. The molecule has 1 aromatic carbocycles. The third-order valence-electron chi connectivity index (χ3n) is 5.27. The monoisotopic (exact) mass is 346 g/mol. The molecule has 3 heterocycles. The Morgan fingerprint density at radius 2 is 2.04 bits per heavy atom. The van der Waals surface area contributed by atoms with Gasteiger partial charge < -0.3 is 24.0 Å². The molecule has 0 N–H and O–H groups in total. The summed E-state index contributed by atoms with van der Waals surface area (Å²) in [7, 11) is 0. The van der Waals surface area contributed by atoms with Crippen LogP contribution in [0.1, 0.15) is 18.4 Å². The van der Waals surface area contributed by atoms with E-state index in [9.17, 15) is 4.79 Å². The van der Waals surface area contributed by atoms with Crippen molar-refractivity contribution in [2.75, 3.05) is 52.7 Å². The molecule has 25 heavy (non-hydrogen) atoms. The van der Waals surface area contributed by atoms with Crippen molar-refractivity contribution in [2.45, 2.75) is 19.3 Å². The third kappa shape index (κ3) is 4.07. The van der Waals surface area contributed by atoms with Gasteiger partial charge in [0.05, 0.1) is 13.0 Å². The van der Waals surface area contributed by atoms with Crippen molar-refractivity contribution in [3.8, 4) is 11.5 Å². The van der Waals surface area contributed by atoms with Crippen LogP contribution in [0.25, 0.3) is 0 Å². The van der Waals surface area contributed by atoms with Crippen molar-refractivity contribution >= 4 is 5.91 Å². The standard InChI is InChI=1S/C19H26N2O4/c22-19(11-15-2-3-17-18(10-15)25-14-24-17)21-6-1-5-20(7-8-21)12-16-4-9-23-13-16/h2-3,10,16H,1,4-9,11-14H2. The first-order valence-electron chi connectivity index (χ1n) is 9.24. The van der Waals surface area contributed by atoms with Gasteiger partial charge in [-0.05, 0) is 43.0 Å². The highest BCUT2D eigenvalue weighted by Crippen LogP contribution is 2.32. The fourth-order valence-corrected chi connectivity index (χ4v) is 3.83. The molecule has 2 saturated heterocycles. The molecule has 2 fully saturated rings. The molecular formula is C19H26N2O4. The van der Waals surface area contributed by atoms with E-state index in [0.29, 0.717) is 12.3 Å². The highest BCUT2D eigenvalue weighted by Gasteiger charge is 2.23. The normalized spacial score (nSPS) is 23.7. The number of carbonyl (C=O) groups excluding carboxylic acids is 1. The van der Waals surface area contributed by atoms with Crippen LogP contribution in [0.5, 0.6) is 11.5 Å². The molecule has 0 saturated carbocycles. The van der Waals surface area contributed by atoms with Gasteiger partial charge in [0.1, 0.15) is 0 Å². The van der Waals surface area contributed by atoms with Crippen LogP contribution >= 0.6 is 0 Å². The molecule has 0 aliphatic carbocycles. The van der Waals surface area contributed by atoms with Crippen LogP contribution in [0, 0.1) is 5.92 Å². The van der Waals surface area contributed by atoms with Gasteiger partial charge in [0.2, 0.25) is 12.7 Å². The molecule has 1 unspecified atom stereocenters. The number of amides is 1. The van der Waals surface area contributed by atoms with Crippen LogP contribution in [-0.4, -0.2) is 68.4 Å². The zero-order valence-corrected chi connectivity index (χ0v) is 14.6. The van der Waals surface area contributed by atoms with Gasteiger partial charge in [-0.1, -0.05) is 6.07 Å². The molecule has 0 spiro atoms. The van der Waals surface area contributed by atoms with E-state index in [-0.39, 0.29) is 12.7 Å². The zero-order chi connectivity index (χ0) is 17.1. The summed E-state index contributed by atoms with van der Waals surface area (Å²) in [6.45, 7) is 6.86. The number of fused-ring (bicyclic) bond motifs is 1. The Balaban J connectivity index is 1.30. The van der Waals surface area contributed by atoms with Gasteiger partial charge in [-0.25, -0.2) is 0 Å². The van der Waals surface area contributed by atoms with Crippen molar-refractivity contribution in [3.05, 3.63) is 23.8 Å². The maximum atomic E-state index is 12.7. The van der Waals surface area contributed by atoms with E-state index in [1.807, 2.05) is 23.1 Å². The number of hydrogen-bond donors (Lipinski definition) is 0. The highest BCUT2D eigenvalue weighted by atomic mass is 16.7. The average molecular weight is 346 g/mol. The van der Waals surface area contributed by atoms with Gasteiger partial charge in [0.15, 0.2) is 11.5 Å². The molecule has 0 bridgehead atoms. The van der Waals surface area contributed by atoms with Crippen LogP contribution in [0.15, 0.2) is 18.2 Å². The molecule has 0 radical (unpaired) electrons. The maximum Gasteiger partial charge on any atom is 0.231 e. The first-order valence-corrected chi connectivity index (χ1v) is 9.24. The smallest absolute Gasteiger partial charge is 0.231 e. The first-order chi connectivity index (χ1) is 12.3. The average Bonchev–Trinajstić information content (AvgIpc) is 3.23. The van der Waals surface area contributed by atoms with Crippen LogP contribution in [0.4, 0.5) is 0 Å². The number of hydrogen-bond acceptors (Lipinski definition) is 5. The number of rotatable bonds is 4. The zero-order valence-electron chi connectivity index (χ0n) is 14.6. The van der Waals surface area contributed by atoms with Crippen LogP contribution in [-0.2, 0) is 16.0 Å². The Kier molecular flexibility index (Phi) is 5.08. The van der Waals surface area contributed by atoms with Gasteiger partial charge in [0, 0.05) is 32.8 Å². The molecule has 6 nitrogen and oxygen atoms in total. The van der Waals surface area contributed by atoms with Gasteiger partial charge in [-0.15, -0.1) is 0 Å². The summed E-state index contributed by atoms with van der Waals surface area (Å²) >= 11 is 0. The maximum absolute atomic E-state index is 12.7. The second-order valence-corrected chi connectivity index (χ2v) is 7.13. The lowest BCUT2D eigenvalue weighted by Crippen LogP contribution is -2.37. The van der Waals surface area contributed by atoms with E-state index in [4.69, 9.17) is 14.2 Å². The van der Waals surface area contributed by atoms with Crippen molar-refractivity contribution in [1.29, 1.82) is 0 Å². The summed E-state index contributed by atoms with van der Waals surface area (Å²) in [4.78, 5) is 17.2. The quantitative estimate of drug-likeness (QED) is 0.828. The topological polar surface area (TPSA) is 51.2 Å². The molecule has 4 rings (SSSR count). The van der Waals surface area contributed by atoms with Crippen molar-refractivity contribution in [3.63, 3.8) is 0 Å². The minimum atomic E-state index is 0.199. The Hall–Kier alpha value is -1.79. The van der Waals surface area contributed by atoms with Gasteiger partial charge in [-0.3, -0.25) is 4.79 Å². The molecule has 136 valence electrons. The van der Waals surface area contributed by atoms with Gasteiger partial charge >= 0.3 is 0 Å². The Morgan fingerprint density at radius 3 is 2.92 bits per heavy atom. The second kappa shape index (κ2) is 7.62. The highest BCUT2D eigenvalue weighted by molar-refractivity contribution is 5.79. The summed E-state index contributed by atoms with van der Waals surface area (Å²) in [5.74, 6) is 2.37. The van der Waals surface area contributed by atoms with E-state index < -0.39 is 0 Å². The molecular weight excluding hydrogens is 320 g/mol. The number of ether oxygens (including phenoxy) is 3. The van der Waals surface area contributed by atoms with Crippen molar-refractivity contribution in [1.82, 2.24) is 9.80 Å². The van der Waals surface area contributed by atoms with Crippen LogP contribution in [0.2, 0.25) is 0 Å². The minimum absolute atomic E-state index is 0.199. The van der Waals surface area contributed by atoms with Crippen LogP contribution < -0.4 is 9.47 Å². The molecule has 6 heteroatoms. The SMILES string of the molecule is O=C(Cc1ccc2c(c1)OCO2)N1CCCN(CC2CCOC2)CC1. The molecule has 1 atom stereocenters. The lowest BCUT2D eigenvalue weighted by Gasteiger charge is -2.24. The summed E-state index contributed by atoms with van der Waals surface area (Å²) in [6.07, 6.45) is 2.64. The van der Waals surface area contributed by atoms with Crippen molar-refractivity contribution in [2.24, 2.45) is 5.92 Å². The number of nitrogens with zero attached hydrogens (tertiary/aromatic N) is 2. The summed E-state index contributed by atoms with van der Waals surface area (Å²) < 4.78 is 16.2. The summed E-state index contributed by atoms with van der Waals surface area (Å²) in [6, 6.07) is 5.76. The first kappa shape index (κ1) is 16.7. The Bertz CT molecular complexity index is 615. The molecule has 3 aliphatic heterocycles. The minimum Gasteiger partial charge on any atom is -0.454 e. The lowest BCUT2D eigenvalue weighted by molar-refractivity contribution is -0.130. The summed E-state index contributed by atoms with van der Waals surface area (Å²) in [5, 5.41) is 0. The molecule has 3 aliphatic rings. The second-order valence-electron chi connectivity index (χ2n) is 7.13. The van der Waals surface area contributed by atoms with Gasteiger partial charge in [-0.2, -0.15) is 0 Å². The lowest BCUT2D eigenvalue weighted by atomic mass is 10.1. The van der Waals surface area contributed by atoms with Crippen molar-refractivity contribution < 1.29 is 19.0 Å². The number of carbonyl (C=O) groups is 1. The fourth-order valence-electron chi connectivity index (χ4n) is 3.83. The fraction of sp³-hybridized carbons (Fsp3) is 0.632.